The maximum atomic E-state index is 9.61. The number of para-hydroxylation sites is 1. The molecule has 0 spiro atoms. The molecule has 47 heavy (non-hydrogen) atoms. The van der Waals surface area contributed by atoms with Crippen LogP contribution in [0.25, 0.3) is 88.3 Å². The lowest BCUT2D eigenvalue weighted by atomic mass is 9.84. The van der Waals surface area contributed by atoms with E-state index in [4.69, 9.17) is 26.3 Å². The van der Waals surface area contributed by atoms with Gasteiger partial charge in [-0.2, -0.15) is 0 Å². The molecule has 8 aromatic carbocycles. The average molecular weight is 624 g/mol. The Kier molecular flexibility index (Phi) is 2.86. The van der Waals surface area contributed by atoms with E-state index in [1.807, 2.05) is 0 Å². The third-order valence-electron chi connectivity index (χ3n) is 7.61. The lowest BCUT2D eigenvalue weighted by Crippen LogP contribution is -1.92. The van der Waals surface area contributed by atoms with Crippen LogP contribution in [-0.2, 0) is 0 Å². The van der Waals surface area contributed by atoms with Gasteiger partial charge >= 0.3 is 0 Å². The molecule has 0 fully saturated rings. The van der Waals surface area contributed by atoms with E-state index >= 15 is 0 Å². The van der Waals surface area contributed by atoms with Gasteiger partial charge in [0, 0.05) is 27.6 Å². The van der Waals surface area contributed by atoms with Gasteiger partial charge in [-0.05, 0) is 49.4 Å². The second kappa shape index (κ2) is 11.3. The minimum Gasteiger partial charge on any atom is -0.455 e. The molecule has 1 heterocycles. The molecule has 9 aromatic rings. The molecule has 1 nitrogen and oxygen atoms in total. The summed E-state index contributed by atoms with van der Waals surface area (Å²) >= 11 is 0. The smallest absolute Gasteiger partial charge is 0.143 e. The maximum Gasteiger partial charge on any atom is 0.143 e. The van der Waals surface area contributed by atoms with Crippen LogP contribution in [0, 0.1) is 0 Å². The van der Waals surface area contributed by atoms with Crippen LogP contribution in [0.3, 0.4) is 0 Å². The molecular weight excluding hydrogens is 569 g/mol. The van der Waals surface area contributed by atoms with Gasteiger partial charge in [-0.3, -0.25) is 0 Å². The highest BCUT2D eigenvalue weighted by molar-refractivity contribution is 6.25. The van der Waals surface area contributed by atoms with Crippen LogP contribution in [0.1, 0.15) is 34.3 Å². The predicted octanol–water partition coefficient (Wildman–Crippen LogP) is 13.1. The Bertz CT molecular complexity index is 3840. The summed E-state index contributed by atoms with van der Waals surface area (Å²) in [5, 5.41) is -2.57. The van der Waals surface area contributed by atoms with E-state index in [0.717, 1.165) is 0 Å². The number of hydrogen-bond acceptors (Lipinski definition) is 1. The highest BCUT2D eigenvalue weighted by Gasteiger charge is 2.26. The Morgan fingerprint density at radius 3 is 1.43 bits per heavy atom. The van der Waals surface area contributed by atoms with Crippen molar-refractivity contribution in [2.45, 2.75) is 0 Å². The first-order valence-electron chi connectivity index (χ1n) is 26.6. The van der Waals surface area contributed by atoms with Crippen LogP contribution in [0.4, 0.5) is 0 Å². The molecule has 0 bridgehead atoms. The minimum absolute atomic E-state index is 0.139. The molecule has 1 aromatic heterocycles. The topological polar surface area (TPSA) is 13.1 Å². The fraction of sp³-hybridized carbons (Fsp3) is 0. The molecule has 0 aliphatic carbocycles. The van der Waals surface area contributed by atoms with E-state index in [2.05, 4.69) is 0 Å². The third-order valence-corrected chi connectivity index (χ3v) is 7.61. The zero-order valence-electron chi connectivity index (χ0n) is 48.8. The quantitative estimate of drug-likeness (QED) is 0.174. The normalized spacial score (nSPS) is 18.9. The van der Waals surface area contributed by atoms with Crippen molar-refractivity contribution in [1.29, 1.82) is 0 Å². The molecular formula is C46H30O. The molecule has 0 aliphatic rings. The minimum atomic E-state index is -1.07. The summed E-state index contributed by atoms with van der Waals surface area (Å²) in [5.41, 5.74) is -6.19. The molecule has 9 rings (SSSR count). The van der Waals surface area contributed by atoms with Gasteiger partial charge in [0.1, 0.15) is 11.3 Å². The van der Waals surface area contributed by atoms with Gasteiger partial charge in [-0.25, -0.2) is 0 Å². The number of furan rings is 1. The number of rotatable bonds is 5. The predicted molar refractivity (Wildman–Crippen MR) is 198 cm³/mol. The molecule has 0 unspecified atom stereocenters. The zero-order chi connectivity index (χ0) is 52.9. The number of fused-ring (bicyclic) bond motifs is 3. The van der Waals surface area contributed by atoms with Crippen molar-refractivity contribution >= 4 is 32.5 Å². The second-order valence-electron chi connectivity index (χ2n) is 10.1. The fourth-order valence-corrected chi connectivity index (χ4v) is 5.72. The van der Waals surface area contributed by atoms with Crippen LogP contribution in [0.5, 0.6) is 0 Å². The number of hydrogen-bond donors (Lipinski definition) is 0. The van der Waals surface area contributed by atoms with Crippen LogP contribution in [0.15, 0.2) is 186 Å². The van der Waals surface area contributed by atoms with E-state index in [1.165, 1.54) is 12.1 Å². The third kappa shape index (κ3) is 4.47. The van der Waals surface area contributed by atoms with Crippen LogP contribution >= 0.6 is 0 Å². The summed E-state index contributed by atoms with van der Waals surface area (Å²) < 4.78 is 232. The van der Waals surface area contributed by atoms with Crippen molar-refractivity contribution in [3.63, 3.8) is 0 Å². The summed E-state index contributed by atoms with van der Waals surface area (Å²) in [4.78, 5) is 0. The lowest BCUT2D eigenvalue weighted by molar-refractivity contribution is 0.634. The summed E-state index contributed by atoms with van der Waals surface area (Å²) in [6.07, 6.45) is 0. The summed E-state index contributed by atoms with van der Waals surface area (Å²) in [6, 6.07) is -15.4. The monoisotopic (exact) mass is 623 g/mol. The fourth-order valence-electron chi connectivity index (χ4n) is 5.72. The average Bonchev–Trinajstić information content (AvgIpc) is 3.75. The van der Waals surface area contributed by atoms with Gasteiger partial charge in [0.05, 0.1) is 34.3 Å². The standard InChI is InChI=1S/C46H30O/c1-4-17-31(18-5-1)34-23-10-15-28-40(34)46-44(41-30-16-29-35(45(41)47-46)32-19-6-2-7-20-32)43-38-26-13-11-24-36(38)42(33-21-8-3-9-22-33)37-25-12-14-27-39(37)43/h1-30H/i1D,2D,4D,5D,6D,7D,10D,11D,12D,13D,14D,15D,16D,17D,18D,19D,20D,23D,24D,25D,26D,27D,28D,29D,30D. The Morgan fingerprint density at radius 2 is 0.809 bits per heavy atom. The van der Waals surface area contributed by atoms with Crippen molar-refractivity contribution in [3.8, 4) is 55.8 Å². The van der Waals surface area contributed by atoms with Crippen molar-refractivity contribution in [1.82, 2.24) is 0 Å². The summed E-state index contributed by atoms with van der Waals surface area (Å²) in [7, 11) is 0. The second-order valence-corrected chi connectivity index (χ2v) is 10.1. The number of benzene rings is 8. The van der Waals surface area contributed by atoms with E-state index in [9.17, 15) is 12.3 Å². The molecule has 0 atom stereocenters. The Hall–Kier alpha value is -6.18. The van der Waals surface area contributed by atoms with Crippen molar-refractivity contribution in [2.24, 2.45) is 0 Å². The molecule has 220 valence electrons. The van der Waals surface area contributed by atoms with Crippen LogP contribution < -0.4 is 0 Å². The summed E-state index contributed by atoms with van der Waals surface area (Å²) in [6.45, 7) is 0. The van der Waals surface area contributed by atoms with Gasteiger partial charge in [0.25, 0.3) is 0 Å². The highest BCUT2D eigenvalue weighted by Crippen LogP contribution is 2.51. The Balaban J connectivity index is 1.73. The first-order valence-corrected chi connectivity index (χ1v) is 14.1. The maximum absolute atomic E-state index is 9.61. The van der Waals surface area contributed by atoms with Gasteiger partial charge in [-0.1, -0.05) is 181 Å². The lowest BCUT2D eigenvalue weighted by Gasteiger charge is -2.18. The van der Waals surface area contributed by atoms with Gasteiger partial charge in [0.2, 0.25) is 0 Å². The molecule has 1 heteroatoms. The molecule has 0 radical (unpaired) electrons. The molecule has 0 saturated heterocycles. The molecule has 0 amide bonds. The van der Waals surface area contributed by atoms with E-state index in [-0.39, 0.29) is 21.9 Å². The van der Waals surface area contributed by atoms with E-state index in [1.54, 1.807) is 18.2 Å². The molecule has 0 aliphatic heterocycles. The first kappa shape index (κ1) is 11.9. The van der Waals surface area contributed by atoms with Crippen molar-refractivity contribution in [3.05, 3.63) is 181 Å². The Labute approximate surface area is 309 Å². The first-order chi connectivity index (χ1) is 33.7. The van der Waals surface area contributed by atoms with Crippen molar-refractivity contribution in [2.75, 3.05) is 0 Å². The highest BCUT2D eigenvalue weighted by atomic mass is 16.3. The molecule has 0 N–H and O–H groups in total. The van der Waals surface area contributed by atoms with Gasteiger partial charge in [-0.15, -0.1) is 0 Å². The van der Waals surface area contributed by atoms with Gasteiger partial charge in [0.15, 0.2) is 0 Å². The van der Waals surface area contributed by atoms with E-state index in [0.29, 0.717) is 0 Å². The van der Waals surface area contributed by atoms with Crippen molar-refractivity contribution < 1.29 is 38.7 Å². The zero-order valence-corrected chi connectivity index (χ0v) is 23.8. The van der Waals surface area contributed by atoms with Crippen LogP contribution in [-0.4, -0.2) is 0 Å². The summed E-state index contributed by atoms with van der Waals surface area (Å²) in [5.74, 6) is -0.916. The molecule has 0 saturated carbocycles. The van der Waals surface area contributed by atoms with Gasteiger partial charge < -0.3 is 4.42 Å². The van der Waals surface area contributed by atoms with E-state index < -0.39 is 218 Å². The largest absolute Gasteiger partial charge is 0.455 e. The Morgan fingerprint density at radius 1 is 0.340 bits per heavy atom. The van der Waals surface area contributed by atoms with Crippen LogP contribution in [0.2, 0.25) is 0 Å². The SMILES string of the molecule is [2H]c1c([2H])c([2H])c(-c2c([2H])c([2H])c([2H])c([2H])c2-c2oc3c(-c4c([2H])c([2H])c([2H])c([2H])c4[2H])c([2H])c([2H])c([2H])c3c2-c2c3c([2H])c([2H])c([2H])c([2H])c3c(-c3ccccc3)c3c([2H])c([2H])c([2H])c([2H])c23)c([2H])c1[2H].